The first-order valence-electron chi connectivity index (χ1n) is 17.5. The highest BCUT2D eigenvalue weighted by atomic mass is 16.5. The molecule has 0 fully saturated rings. The minimum atomic E-state index is -0.536. The first-order chi connectivity index (χ1) is 27.3. The van der Waals surface area contributed by atoms with Gasteiger partial charge < -0.3 is 33.2 Å². The van der Waals surface area contributed by atoms with Crippen LogP contribution in [0.4, 0.5) is 0 Å². The second-order valence-corrected chi connectivity index (χ2v) is 11.0. The highest BCUT2D eigenvalue weighted by Crippen LogP contribution is 2.18. The van der Waals surface area contributed by atoms with Crippen molar-refractivity contribution in [2.45, 2.75) is 26.2 Å². The molecule has 0 heterocycles. The van der Waals surface area contributed by atoms with Crippen molar-refractivity contribution in [2.24, 2.45) is 0 Å². The average molecular weight is 771 g/mol. The molecular formula is C44H50O12. The van der Waals surface area contributed by atoms with Gasteiger partial charge in [-0.1, -0.05) is 24.8 Å². The van der Waals surface area contributed by atoms with Crippen LogP contribution in [0.5, 0.6) is 23.0 Å². The molecule has 0 unspecified atom stereocenters. The minimum Gasteiger partial charge on any atom is -0.497 e. The van der Waals surface area contributed by atoms with Crippen LogP contribution in [0.2, 0.25) is 0 Å². The van der Waals surface area contributed by atoms with E-state index < -0.39 is 11.9 Å². The summed E-state index contributed by atoms with van der Waals surface area (Å²) < 4.78 is 36.2. The molecule has 4 rings (SSSR count). The lowest BCUT2D eigenvalue weighted by molar-refractivity contribution is -0.128. The summed E-state index contributed by atoms with van der Waals surface area (Å²) in [5, 5.41) is 0. The summed E-state index contributed by atoms with van der Waals surface area (Å²) in [5.41, 5.74) is 2.40. The second-order valence-electron chi connectivity index (χ2n) is 11.0. The molecule has 56 heavy (non-hydrogen) atoms. The van der Waals surface area contributed by atoms with Crippen LogP contribution >= 0.6 is 0 Å². The topological polar surface area (TPSA) is 150 Å². The maximum absolute atomic E-state index is 12.4. The van der Waals surface area contributed by atoms with E-state index in [1.54, 1.807) is 81.0 Å². The number of benzene rings is 4. The summed E-state index contributed by atoms with van der Waals surface area (Å²) in [6.45, 7) is 11.0. The summed E-state index contributed by atoms with van der Waals surface area (Å²) in [5.74, 6) is 1.46. The fourth-order valence-corrected chi connectivity index (χ4v) is 4.07. The summed E-state index contributed by atoms with van der Waals surface area (Å²) in [6, 6.07) is 27.3. The molecule has 0 atom stereocenters. The second kappa shape index (κ2) is 30.9. The molecule has 0 aliphatic heterocycles. The van der Waals surface area contributed by atoms with Gasteiger partial charge in [0.25, 0.3) is 6.47 Å². The third kappa shape index (κ3) is 21.2. The fraction of sp³-hybridized carbons (Fsp3) is 0.250. The van der Waals surface area contributed by atoms with Crippen LogP contribution in [0.1, 0.15) is 56.4 Å². The summed E-state index contributed by atoms with van der Waals surface area (Å²) in [7, 11) is 3.27. The quantitative estimate of drug-likeness (QED) is 0.0216. The number of aldehydes is 2. The van der Waals surface area contributed by atoms with Crippen LogP contribution in [0.25, 0.3) is 0 Å². The molecule has 0 bridgehead atoms. The standard InChI is InChI=1S/C27H26O8.C11H14O3.C3H4O.C3H6/c1-31-23-9-3-20(4-10-23)15-18-34-26(29)21-7-13-25(14-8-21)35-27(30)22-5-11-24(12-6-22)33-17-2-16-32-19-28;1-13-7-2-8-14-11-5-3-10(9-12)4-6-11;1-2-3-4;1-3-2/h3-14,19H,2,15-18H2,1H3;3-6,9H,2,7-8H2,1H3;2-3H,1H2;3H,1H2,2H3. The maximum Gasteiger partial charge on any atom is 0.343 e. The Morgan fingerprint density at radius 1 is 0.607 bits per heavy atom. The van der Waals surface area contributed by atoms with E-state index in [9.17, 15) is 19.2 Å². The van der Waals surface area contributed by atoms with Crippen molar-refractivity contribution >= 4 is 31.0 Å². The number of rotatable bonds is 20. The zero-order valence-electron chi connectivity index (χ0n) is 32.1. The molecule has 12 nitrogen and oxygen atoms in total. The number of allylic oxidation sites excluding steroid dienone is 2. The van der Waals surface area contributed by atoms with E-state index in [0.29, 0.717) is 73.6 Å². The molecule has 4 aromatic carbocycles. The van der Waals surface area contributed by atoms with E-state index in [1.807, 2.05) is 31.2 Å². The van der Waals surface area contributed by atoms with Gasteiger partial charge in [-0.2, -0.15) is 0 Å². The van der Waals surface area contributed by atoms with Gasteiger partial charge in [-0.15, -0.1) is 6.58 Å². The Morgan fingerprint density at radius 2 is 1.09 bits per heavy atom. The zero-order chi connectivity index (χ0) is 41.2. The first kappa shape index (κ1) is 47.5. The largest absolute Gasteiger partial charge is 0.497 e. The Balaban J connectivity index is 0.000000613. The number of hydrogen-bond donors (Lipinski definition) is 0. The van der Waals surface area contributed by atoms with Crippen LogP contribution < -0.4 is 18.9 Å². The van der Waals surface area contributed by atoms with Gasteiger partial charge in [0.15, 0.2) is 0 Å². The molecule has 0 N–H and O–H groups in total. The number of ether oxygens (including phenoxy) is 7. The first-order valence-corrected chi connectivity index (χ1v) is 17.5. The Morgan fingerprint density at radius 3 is 1.57 bits per heavy atom. The lowest BCUT2D eigenvalue weighted by Crippen LogP contribution is -2.10. The Kier molecular flexibility index (Phi) is 26.2. The number of methoxy groups -OCH3 is 2. The zero-order valence-corrected chi connectivity index (χ0v) is 32.1. The van der Waals surface area contributed by atoms with Crippen LogP contribution in [-0.2, 0) is 30.2 Å². The molecular weight excluding hydrogens is 720 g/mol. The lowest BCUT2D eigenvalue weighted by atomic mass is 10.1. The lowest BCUT2D eigenvalue weighted by Gasteiger charge is -2.08. The van der Waals surface area contributed by atoms with E-state index in [0.717, 1.165) is 29.8 Å². The summed E-state index contributed by atoms with van der Waals surface area (Å²) in [6.07, 6.45) is 6.42. The van der Waals surface area contributed by atoms with Gasteiger partial charge in [-0.05, 0) is 103 Å². The molecule has 0 aromatic heterocycles. The Labute approximate surface area is 328 Å². The van der Waals surface area contributed by atoms with Crippen molar-refractivity contribution in [3.63, 3.8) is 0 Å². The van der Waals surface area contributed by atoms with Crippen LogP contribution in [0.15, 0.2) is 122 Å². The molecule has 0 radical (unpaired) electrons. The van der Waals surface area contributed by atoms with Crippen molar-refractivity contribution in [3.05, 3.63) is 145 Å². The number of carbonyl (C=O) groups excluding carboxylic acids is 5. The Hall–Kier alpha value is -6.53. The van der Waals surface area contributed by atoms with Crippen molar-refractivity contribution in [3.8, 4) is 23.0 Å². The molecule has 0 amide bonds. The third-order valence-electron chi connectivity index (χ3n) is 6.79. The van der Waals surface area contributed by atoms with Crippen molar-refractivity contribution in [2.75, 3.05) is 47.3 Å². The van der Waals surface area contributed by atoms with Gasteiger partial charge >= 0.3 is 11.9 Å². The van der Waals surface area contributed by atoms with Gasteiger partial charge in [-0.3, -0.25) is 14.4 Å². The molecule has 12 heteroatoms. The maximum atomic E-state index is 12.4. The highest BCUT2D eigenvalue weighted by Gasteiger charge is 2.11. The van der Waals surface area contributed by atoms with Gasteiger partial charge in [0.1, 0.15) is 35.6 Å². The molecule has 0 spiro atoms. The van der Waals surface area contributed by atoms with E-state index in [1.165, 1.54) is 18.2 Å². The normalized spacial score (nSPS) is 9.41. The number of hydrogen-bond acceptors (Lipinski definition) is 12. The fourth-order valence-electron chi connectivity index (χ4n) is 4.07. The number of carbonyl (C=O) groups is 5. The predicted molar refractivity (Wildman–Crippen MR) is 213 cm³/mol. The van der Waals surface area contributed by atoms with Crippen molar-refractivity contribution < 1.29 is 57.1 Å². The smallest absolute Gasteiger partial charge is 0.343 e. The molecule has 298 valence electrons. The molecule has 4 aromatic rings. The third-order valence-corrected chi connectivity index (χ3v) is 6.79. The number of esters is 2. The van der Waals surface area contributed by atoms with E-state index in [-0.39, 0.29) is 13.2 Å². The van der Waals surface area contributed by atoms with Gasteiger partial charge in [0.2, 0.25) is 0 Å². The van der Waals surface area contributed by atoms with Gasteiger partial charge in [0, 0.05) is 38.5 Å². The minimum absolute atomic E-state index is 0.244. The van der Waals surface area contributed by atoms with Gasteiger partial charge in [0.05, 0.1) is 44.7 Å². The van der Waals surface area contributed by atoms with E-state index in [4.69, 9.17) is 33.2 Å². The van der Waals surface area contributed by atoms with Crippen molar-refractivity contribution in [1.82, 2.24) is 0 Å². The molecule has 0 aliphatic rings. The summed E-state index contributed by atoms with van der Waals surface area (Å²) >= 11 is 0. The average Bonchev–Trinajstić information content (AvgIpc) is 3.24. The summed E-state index contributed by atoms with van der Waals surface area (Å²) in [4.78, 5) is 54.1. The van der Waals surface area contributed by atoms with E-state index in [2.05, 4.69) is 17.9 Å². The van der Waals surface area contributed by atoms with Crippen LogP contribution in [0.3, 0.4) is 0 Å². The van der Waals surface area contributed by atoms with E-state index >= 15 is 0 Å². The predicted octanol–water partition coefficient (Wildman–Crippen LogP) is 7.73. The molecule has 0 aliphatic carbocycles. The van der Waals surface area contributed by atoms with Crippen LogP contribution in [0, 0.1) is 0 Å². The SMILES string of the molecule is C=CC.C=CC=O.COCCCOc1ccc(C=O)cc1.COc1ccc(CCOC(=O)c2ccc(OC(=O)c3ccc(OCCCOC=O)cc3)cc2)cc1. The highest BCUT2D eigenvalue weighted by molar-refractivity contribution is 5.92. The molecule has 0 saturated heterocycles. The Bertz CT molecular complexity index is 1690. The van der Waals surface area contributed by atoms with Gasteiger partial charge in [-0.25, -0.2) is 9.59 Å². The molecule has 0 saturated carbocycles. The monoisotopic (exact) mass is 770 g/mol. The van der Waals surface area contributed by atoms with Crippen molar-refractivity contribution in [1.29, 1.82) is 0 Å². The van der Waals surface area contributed by atoms with Crippen LogP contribution in [-0.4, -0.2) is 78.2 Å².